The molecule has 2 aliphatic rings. The Kier molecular flexibility index (Phi) is 2.58. The number of likely N-dealkylation sites (tertiary alicyclic amines) is 1. The van der Waals surface area contributed by atoms with Crippen LogP contribution in [0.25, 0.3) is 0 Å². The lowest BCUT2D eigenvalue weighted by atomic mass is 9.73. The summed E-state index contributed by atoms with van der Waals surface area (Å²) in [5.41, 5.74) is 0.543. The smallest absolute Gasteiger partial charge is 0.0584 e. The van der Waals surface area contributed by atoms with Crippen molar-refractivity contribution in [1.82, 2.24) is 4.90 Å². The Hall–Kier alpha value is -0.120. The second kappa shape index (κ2) is 3.56. The fourth-order valence-corrected chi connectivity index (χ4v) is 2.36. The molecular formula is C10H19NO2. The zero-order chi connectivity index (χ0) is 9.31. The zero-order valence-corrected chi connectivity index (χ0v) is 8.33. The van der Waals surface area contributed by atoms with Crippen LogP contribution in [0.15, 0.2) is 0 Å². The van der Waals surface area contributed by atoms with E-state index in [4.69, 9.17) is 9.84 Å². The lowest BCUT2D eigenvalue weighted by Gasteiger charge is -2.54. The minimum absolute atomic E-state index is 0.284. The summed E-state index contributed by atoms with van der Waals surface area (Å²) >= 11 is 0. The van der Waals surface area contributed by atoms with Crippen LogP contribution in [0.4, 0.5) is 0 Å². The van der Waals surface area contributed by atoms with Gasteiger partial charge < -0.3 is 9.84 Å². The van der Waals surface area contributed by atoms with Gasteiger partial charge in [-0.15, -0.1) is 0 Å². The number of hydrogen-bond acceptors (Lipinski definition) is 3. The molecule has 0 bridgehead atoms. The number of aliphatic hydroxyl groups excluding tert-OH is 1. The second-order valence-electron chi connectivity index (χ2n) is 4.55. The molecule has 2 heterocycles. The van der Waals surface area contributed by atoms with Crippen molar-refractivity contribution in [2.24, 2.45) is 5.41 Å². The summed E-state index contributed by atoms with van der Waals surface area (Å²) in [6, 6.07) is 0.341. The fourth-order valence-electron chi connectivity index (χ4n) is 2.36. The Morgan fingerprint density at radius 2 is 2.00 bits per heavy atom. The Balaban J connectivity index is 1.81. The van der Waals surface area contributed by atoms with E-state index in [-0.39, 0.29) is 6.61 Å². The molecule has 3 nitrogen and oxygen atoms in total. The van der Waals surface area contributed by atoms with Gasteiger partial charge in [-0.25, -0.2) is 0 Å². The summed E-state index contributed by atoms with van der Waals surface area (Å²) in [6.07, 6.45) is 2.42. The highest BCUT2D eigenvalue weighted by atomic mass is 16.5. The van der Waals surface area contributed by atoms with Crippen molar-refractivity contribution in [3.8, 4) is 0 Å². The van der Waals surface area contributed by atoms with Gasteiger partial charge in [-0.2, -0.15) is 0 Å². The molecule has 3 heteroatoms. The number of aliphatic hydroxyl groups is 1. The summed E-state index contributed by atoms with van der Waals surface area (Å²) in [5, 5.41) is 8.99. The van der Waals surface area contributed by atoms with Crippen LogP contribution in [0.2, 0.25) is 0 Å². The fraction of sp³-hybridized carbons (Fsp3) is 1.00. The molecule has 2 aliphatic heterocycles. The SMILES string of the molecule is CC(CO)N1CC2(CCOCC2)C1. The monoisotopic (exact) mass is 185 g/mol. The Morgan fingerprint density at radius 1 is 1.38 bits per heavy atom. The van der Waals surface area contributed by atoms with Gasteiger partial charge in [0.25, 0.3) is 0 Å². The molecule has 1 atom stereocenters. The highest BCUT2D eigenvalue weighted by Gasteiger charge is 2.44. The van der Waals surface area contributed by atoms with Crippen molar-refractivity contribution >= 4 is 0 Å². The third-order valence-electron chi connectivity index (χ3n) is 3.52. The van der Waals surface area contributed by atoms with E-state index in [0.29, 0.717) is 11.5 Å². The van der Waals surface area contributed by atoms with Crippen molar-refractivity contribution < 1.29 is 9.84 Å². The third kappa shape index (κ3) is 1.73. The van der Waals surface area contributed by atoms with Gasteiger partial charge >= 0.3 is 0 Å². The Bertz CT molecular complexity index is 170. The van der Waals surface area contributed by atoms with Gasteiger partial charge in [0, 0.05) is 37.8 Å². The molecule has 0 aromatic heterocycles. The predicted octanol–water partition coefficient (Wildman–Crippen LogP) is 0.480. The van der Waals surface area contributed by atoms with E-state index >= 15 is 0 Å². The normalized spacial score (nSPS) is 30.0. The first kappa shape index (κ1) is 9.44. The van der Waals surface area contributed by atoms with Gasteiger partial charge in [-0.3, -0.25) is 4.90 Å². The maximum absolute atomic E-state index is 8.99. The standard InChI is InChI=1S/C10H19NO2/c1-9(6-12)11-7-10(8-11)2-4-13-5-3-10/h9,12H,2-8H2,1H3. The van der Waals surface area contributed by atoms with E-state index in [1.165, 1.54) is 12.8 Å². The van der Waals surface area contributed by atoms with Crippen LogP contribution in [-0.4, -0.2) is 49.0 Å². The van der Waals surface area contributed by atoms with Crippen molar-refractivity contribution in [3.63, 3.8) is 0 Å². The van der Waals surface area contributed by atoms with Crippen LogP contribution < -0.4 is 0 Å². The first-order valence-corrected chi connectivity index (χ1v) is 5.18. The minimum atomic E-state index is 0.284. The summed E-state index contributed by atoms with van der Waals surface area (Å²) < 4.78 is 5.35. The van der Waals surface area contributed by atoms with E-state index in [9.17, 15) is 0 Å². The number of rotatable bonds is 2. The molecule has 13 heavy (non-hydrogen) atoms. The number of hydrogen-bond donors (Lipinski definition) is 1. The summed E-state index contributed by atoms with van der Waals surface area (Å²) in [7, 11) is 0. The molecule has 76 valence electrons. The van der Waals surface area contributed by atoms with Crippen LogP contribution >= 0.6 is 0 Å². The average molecular weight is 185 g/mol. The molecular weight excluding hydrogens is 166 g/mol. The highest BCUT2D eigenvalue weighted by Crippen LogP contribution is 2.40. The van der Waals surface area contributed by atoms with E-state index in [2.05, 4.69) is 11.8 Å². The molecule has 0 aromatic carbocycles. The van der Waals surface area contributed by atoms with Gasteiger partial charge in [-0.1, -0.05) is 0 Å². The molecule has 2 saturated heterocycles. The molecule has 0 aliphatic carbocycles. The van der Waals surface area contributed by atoms with Crippen molar-refractivity contribution in [2.75, 3.05) is 32.9 Å². The van der Waals surface area contributed by atoms with Crippen LogP contribution in [0.1, 0.15) is 19.8 Å². The second-order valence-corrected chi connectivity index (χ2v) is 4.55. The molecule has 0 radical (unpaired) electrons. The van der Waals surface area contributed by atoms with Crippen molar-refractivity contribution in [2.45, 2.75) is 25.8 Å². The lowest BCUT2D eigenvalue weighted by Crippen LogP contribution is -2.61. The first-order valence-electron chi connectivity index (χ1n) is 5.18. The van der Waals surface area contributed by atoms with E-state index < -0.39 is 0 Å². The van der Waals surface area contributed by atoms with E-state index in [0.717, 1.165) is 26.3 Å². The largest absolute Gasteiger partial charge is 0.395 e. The molecule has 1 unspecified atom stereocenters. The highest BCUT2D eigenvalue weighted by molar-refractivity contribution is 4.97. The maximum Gasteiger partial charge on any atom is 0.0584 e. The van der Waals surface area contributed by atoms with Crippen LogP contribution in [0.3, 0.4) is 0 Å². The van der Waals surface area contributed by atoms with Crippen molar-refractivity contribution in [1.29, 1.82) is 0 Å². The van der Waals surface area contributed by atoms with E-state index in [1.54, 1.807) is 0 Å². The molecule has 2 fully saturated rings. The topological polar surface area (TPSA) is 32.7 Å². The molecule has 0 amide bonds. The van der Waals surface area contributed by atoms with Gasteiger partial charge in [0.2, 0.25) is 0 Å². The van der Waals surface area contributed by atoms with Gasteiger partial charge in [-0.05, 0) is 19.8 Å². The summed E-state index contributed by atoms with van der Waals surface area (Å²) in [5.74, 6) is 0. The summed E-state index contributed by atoms with van der Waals surface area (Å²) in [6.45, 7) is 6.57. The molecule has 0 saturated carbocycles. The zero-order valence-electron chi connectivity index (χ0n) is 8.33. The molecule has 2 rings (SSSR count). The average Bonchev–Trinajstić information content (AvgIpc) is 2.14. The Morgan fingerprint density at radius 3 is 2.54 bits per heavy atom. The summed E-state index contributed by atoms with van der Waals surface area (Å²) in [4.78, 5) is 2.37. The maximum atomic E-state index is 8.99. The Labute approximate surface area is 79.7 Å². The molecule has 1 N–H and O–H groups in total. The number of nitrogens with zero attached hydrogens (tertiary/aromatic N) is 1. The van der Waals surface area contributed by atoms with Crippen molar-refractivity contribution in [3.05, 3.63) is 0 Å². The van der Waals surface area contributed by atoms with Gasteiger partial charge in [0.15, 0.2) is 0 Å². The van der Waals surface area contributed by atoms with Gasteiger partial charge in [0.05, 0.1) is 6.61 Å². The quantitative estimate of drug-likeness (QED) is 0.679. The molecule has 1 spiro atoms. The number of ether oxygens (including phenoxy) is 1. The van der Waals surface area contributed by atoms with Gasteiger partial charge in [0.1, 0.15) is 0 Å². The predicted molar refractivity (Wildman–Crippen MR) is 50.6 cm³/mol. The molecule has 0 aromatic rings. The minimum Gasteiger partial charge on any atom is -0.395 e. The van der Waals surface area contributed by atoms with E-state index in [1.807, 2.05) is 0 Å². The third-order valence-corrected chi connectivity index (χ3v) is 3.52. The van der Waals surface area contributed by atoms with Crippen LogP contribution in [-0.2, 0) is 4.74 Å². The first-order chi connectivity index (χ1) is 6.26. The van der Waals surface area contributed by atoms with Crippen LogP contribution in [0.5, 0.6) is 0 Å². The van der Waals surface area contributed by atoms with Crippen LogP contribution in [0, 0.1) is 5.41 Å². The lowest BCUT2D eigenvalue weighted by molar-refractivity contribution is -0.100.